The van der Waals surface area contributed by atoms with Crippen molar-refractivity contribution in [2.45, 2.75) is 4.90 Å². The maximum Gasteiger partial charge on any atom is 0.336 e. The van der Waals surface area contributed by atoms with Crippen LogP contribution in [-0.4, -0.2) is 24.0 Å². The largest absolute Gasteiger partial charge is 0.478 e. The quantitative estimate of drug-likeness (QED) is 0.191. The summed E-state index contributed by atoms with van der Waals surface area (Å²) in [4.78, 5) is 11.5. The summed E-state index contributed by atoms with van der Waals surface area (Å²) in [6, 6.07) is 48.5. The van der Waals surface area contributed by atoms with E-state index in [9.17, 15) is 22.9 Å². The van der Waals surface area contributed by atoms with Gasteiger partial charge in [0.15, 0.2) is 0 Å². The van der Waals surface area contributed by atoms with Crippen LogP contribution in [0.15, 0.2) is 163 Å². The first-order valence-electron chi connectivity index (χ1n) is 13.5. The van der Waals surface area contributed by atoms with Crippen LogP contribution in [-0.2, 0) is 10.1 Å². The number of carboxylic acids is 1. The maximum absolute atomic E-state index is 11.8. The molecule has 0 aromatic heterocycles. The van der Waals surface area contributed by atoms with Gasteiger partial charge in [-0.25, -0.2) is 4.79 Å². The van der Waals surface area contributed by atoms with Gasteiger partial charge in [-0.15, -0.1) is 0 Å². The van der Waals surface area contributed by atoms with Crippen LogP contribution in [0.1, 0.15) is 10.4 Å². The highest BCUT2D eigenvalue weighted by Gasteiger charge is 2.20. The van der Waals surface area contributed by atoms with Crippen LogP contribution in [0.25, 0.3) is 44.5 Å². The molecule has 0 aliphatic heterocycles. The monoisotopic (exact) mass is 584 g/mol. The third-order valence-electron chi connectivity index (χ3n) is 6.89. The molecule has 0 atom stereocenters. The Morgan fingerprint density at radius 3 is 1.23 bits per heavy atom. The minimum absolute atomic E-state index is 0.0833. The van der Waals surface area contributed by atoms with Crippen molar-refractivity contribution in [2.75, 3.05) is 0 Å². The van der Waals surface area contributed by atoms with Gasteiger partial charge in [-0.05, 0) is 45.5 Å². The van der Waals surface area contributed by atoms with Gasteiger partial charge in [0.1, 0.15) is 4.90 Å². The summed E-state index contributed by atoms with van der Waals surface area (Å²) >= 11 is 0. The molecule has 6 aromatic rings. The molecular formula is C37H28O5S. The SMILES string of the molecule is O=C(O)c1cccc(-c2ccccc2)c1-c1ccccc1.O=S(=O)(O)c1cccc(-c2ccccc2)c1-c1ccccc1. The number of benzene rings is 6. The number of carboxylic acid groups (broad SMARTS) is 1. The zero-order chi connectivity index (χ0) is 30.2. The Hall–Kier alpha value is -5.30. The molecule has 43 heavy (non-hydrogen) atoms. The Bertz CT molecular complexity index is 1940. The van der Waals surface area contributed by atoms with Gasteiger partial charge in [0.05, 0.1) is 5.56 Å². The molecule has 5 nitrogen and oxygen atoms in total. The van der Waals surface area contributed by atoms with Gasteiger partial charge in [0.2, 0.25) is 0 Å². The lowest BCUT2D eigenvalue weighted by Crippen LogP contribution is -2.02. The van der Waals surface area contributed by atoms with E-state index >= 15 is 0 Å². The Kier molecular flexibility index (Phi) is 8.91. The van der Waals surface area contributed by atoms with Gasteiger partial charge in [-0.1, -0.05) is 146 Å². The Morgan fingerprint density at radius 2 is 0.814 bits per heavy atom. The molecule has 0 radical (unpaired) electrons. The number of hydrogen-bond donors (Lipinski definition) is 2. The molecule has 212 valence electrons. The second-order valence-electron chi connectivity index (χ2n) is 9.65. The van der Waals surface area contributed by atoms with Crippen LogP contribution < -0.4 is 0 Å². The fourth-order valence-corrected chi connectivity index (χ4v) is 5.75. The molecule has 0 bridgehead atoms. The van der Waals surface area contributed by atoms with Crippen molar-refractivity contribution in [2.24, 2.45) is 0 Å². The Balaban J connectivity index is 0.000000171. The van der Waals surface area contributed by atoms with Gasteiger partial charge in [0, 0.05) is 11.1 Å². The van der Waals surface area contributed by atoms with Crippen LogP contribution >= 0.6 is 0 Å². The second-order valence-corrected chi connectivity index (χ2v) is 11.0. The summed E-state index contributed by atoms with van der Waals surface area (Å²) < 4.78 is 33.1. The smallest absolute Gasteiger partial charge is 0.336 e. The van der Waals surface area contributed by atoms with E-state index in [1.807, 2.05) is 133 Å². The molecule has 0 amide bonds. The predicted octanol–water partition coefficient (Wildman–Crippen LogP) is 8.99. The molecule has 0 heterocycles. The minimum Gasteiger partial charge on any atom is -0.478 e. The molecule has 6 rings (SSSR count). The number of carbonyl (C=O) groups is 1. The highest BCUT2D eigenvalue weighted by molar-refractivity contribution is 7.86. The topological polar surface area (TPSA) is 91.7 Å². The maximum atomic E-state index is 11.8. The Morgan fingerprint density at radius 1 is 0.442 bits per heavy atom. The molecule has 0 saturated heterocycles. The highest BCUT2D eigenvalue weighted by atomic mass is 32.2. The van der Waals surface area contributed by atoms with Gasteiger partial charge < -0.3 is 5.11 Å². The van der Waals surface area contributed by atoms with Gasteiger partial charge in [-0.3, -0.25) is 4.55 Å². The van der Waals surface area contributed by atoms with E-state index in [0.29, 0.717) is 11.1 Å². The van der Waals surface area contributed by atoms with E-state index in [1.54, 1.807) is 18.2 Å². The lowest BCUT2D eigenvalue weighted by atomic mass is 9.90. The average Bonchev–Trinajstić information content (AvgIpc) is 3.05. The molecular weight excluding hydrogens is 556 g/mol. The summed E-state index contributed by atoms with van der Waals surface area (Å²) in [5, 5.41) is 9.50. The van der Waals surface area contributed by atoms with Crippen molar-refractivity contribution in [1.82, 2.24) is 0 Å². The van der Waals surface area contributed by atoms with E-state index < -0.39 is 16.1 Å². The first kappa shape index (κ1) is 29.2. The van der Waals surface area contributed by atoms with Crippen molar-refractivity contribution >= 4 is 16.1 Å². The van der Waals surface area contributed by atoms with Crippen molar-refractivity contribution in [1.29, 1.82) is 0 Å². The van der Waals surface area contributed by atoms with E-state index in [4.69, 9.17) is 0 Å². The molecule has 0 unspecified atom stereocenters. The fraction of sp³-hybridized carbons (Fsp3) is 0. The summed E-state index contributed by atoms with van der Waals surface area (Å²) in [6.45, 7) is 0. The first-order valence-corrected chi connectivity index (χ1v) is 15.0. The lowest BCUT2D eigenvalue weighted by Gasteiger charge is -2.14. The Labute approximate surface area is 251 Å². The molecule has 0 spiro atoms. The molecule has 6 aromatic carbocycles. The average molecular weight is 585 g/mol. The molecule has 0 aliphatic carbocycles. The van der Waals surface area contributed by atoms with E-state index in [1.165, 1.54) is 6.07 Å². The zero-order valence-corrected chi connectivity index (χ0v) is 23.9. The molecule has 0 aliphatic rings. The number of aromatic carboxylic acids is 1. The van der Waals surface area contributed by atoms with E-state index in [2.05, 4.69) is 0 Å². The van der Waals surface area contributed by atoms with Gasteiger partial charge in [-0.2, -0.15) is 8.42 Å². The van der Waals surface area contributed by atoms with E-state index in [-0.39, 0.29) is 4.90 Å². The van der Waals surface area contributed by atoms with Crippen molar-refractivity contribution in [3.05, 3.63) is 163 Å². The predicted molar refractivity (Wildman–Crippen MR) is 171 cm³/mol. The standard InChI is InChI=1S/C19H14O2.C18H14O3S/c20-19(21)17-13-7-12-16(14-8-3-1-4-9-14)18(17)15-10-5-2-6-11-15;19-22(20,21)17-13-7-12-16(14-8-3-1-4-9-14)18(17)15-10-5-2-6-11-15/h1-13H,(H,20,21);1-13H,(H,19,20,21). The molecule has 2 N–H and O–H groups in total. The zero-order valence-electron chi connectivity index (χ0n) is 23.0. The summed E-state index contributed by atoms with van der Waals surface area (Å²) in [6.07, 6.45) is 0. The summed E-state index contributed by atoms with van der Waals surface area (Å²) in [7, 11) is -4.31. The first-order chi connectivity index (χ1) is 20.8. The third kappa shape index (κ3) is 6.79. The highest BCUT2D eigenvalue weighted by Crippen LogP contribution is 2.37. The molecule has 6 heteroatoms. The van der Waals surface area contributed by atoms with Crippen LogP contribution in [0.4, 0.5) is 0 Å². The second kappa shape index (κ2) is 13.1. The minimum atomic E-state index is -4.31. The van der Waals surface area contributed by atoms with Crippen LogP contribution in [0, 0.1) is 0 Å². The van der Waals surface area contributed by atoms with Crippen LogP contribution in [0.2, 0.25) is 0 Å². The van der Waals surface area contributed by atoms with Crippen molar-refractivity contribution in [3.8, 4) is 44.5 Å². The summed E-state index contributed by atoms with van der Waals surface area (Å²) in [5.41, 5.74) is 6.86. The fourth-order valence-electron chi connectivity index (χ4n) is 5.01. The van der Waals surface area contributed by atoms with Gasteiger partial charge >= 0.3 is 5.97 Å². The lowest BCUT2D eigenvalue weighted by molar-refractivity contribution is 0.0697. The van der Waals surface area contributed by atoms with Crippen molar-refractivity contribution < 1.29 is 22.9 Å². The van der Waals surface area contributed by atoms with Crippen molar-refractivity contribution in [3.63, 3.8) is 0 Å². The third-order valence-corrected chi connectivity index (χ3v) is 7.79. The number of rotatable bonds is 6. The normalized spacial score (nSPS) is 10.8. The summed E-state index contributed by atoms with van der Waals surface area (Å²) in [5.74, 6) is -0.911. The van der Waals surface area contributed by atoms with Crippen LogP contribution in [0.5, 0.6) is 0 Å². The molecule has 0 fully saturated rings. The van der Waals surface area contributed by atoms with Crippen LogP contribution in [0.3, 0.4) is 0 Å². The number of hydrogen-bond acceptors (Lipinski definition) is 3. The molecule has 0 saturated carbocycles. The van der Waals surface area contributed by atoms with E-state index in [0.717, 1.165) is 38.9 Å². The van der Waals surface area contributed by atoms with Gasteiger partial charge in [0.25, 0.3) is 10.1 Å².